The highest BCUT2D eigenvalue weighted by atomic mass is 16.3. The lowest BCUT2D eigenvalue weighted by Gasteiger charge is -2.10. The third-order valence-corrected chi connectivity index (χ3v) is 2.44. The average Bonchev–Trinajstić information content (AvgIpc) is 2.23. The van der Waals surface area contributed by atoms with E-state index in [-0.39, 0.29) is 18.6 Å². The van der Waals surface area contributed by atoms with Gasteiger partial charge in [0.05, 0.1) is 6.61 Å². The van der Waals surface area contributed by atoms with Crippen molar-refractivity contribution in [3.05, 3.63) is 0 Å². The summed E-state index contributed by atoms with van der Waals surface area (Å²) in [7, 11) is 0. The second-order valence-electron chi connectivity index (χ2n) is 4.17. The number of aliphatic hydroxyl groups is 1. The van der Waals surface area contributed by atoms with Crippen LogP contribution in [0.5, 0.6) is 0 Å². The van der Waals surface area contributed by atoms with Crippen molar-refractivity contribution in [2.45, 2.75) is 64.8 Å². The summed E-state index contributed by atoms with van der Waals surface area (Å²) in [6.45, 7) is 4.02. The minimum absolute atomic E-state index is 0.0161. The number of rotatable bonds is 9. The number of aliphatic hydroxyl groups excluding tert-OH is 1. The minimum atomic E-state index is -0.113. The Balaban J connectivity index is 3.24. The summed E-state index contributed by atoms with van der Waals surface area (Å²) in [4.78, 5) is 11.3. The van der Waals surface area contributed by atoms with Gasteiger partial charge in [-0.15, -0.1) is 0 Å². The van der Waals surface area contributed by atoms with Crippen molar-refractivity contribution in [1.29, 1.82) is 0 Å². The van der Waals surface area contributed by atoms with Crippen molar-refractivity contribution in [1.82, 2.24) is 5.32 Å². The Morgan fingerprint density at radius 2 is 1.80 bits per heavy atom. The molecule has 0 bridgehead atoms. The third-order valence-electron chi connectivity index (χ3n) is 2.44. The number of nitrogens with one attached hydrogen (secondary N) is 1. The topological polar surface area (TPSA) is 49.3 Å². The van der Waals surface area contributed by atoms with Crippen molar-refractivity contribution < 1.29 is 9.90 Å². The normalized spacial score (nSPS) is 12.5. The van der Waals surface area contributed by atoms with Crippen LogP contribution in [-0.2, 0) is 4.79 Å². The summed E-state index contributed by atoms with van der Waals surface area (Å²) in [6.07, 6.45) is 7.77. The molecule has 0 radical (unpaired) electrons. The average molecular weight is 215 g/mol. The van der Waals surface area contributed by atoms with Crippen LogP contribution in [0, 0.1) is 0 Å². The fraction of sp³-hybridized carbons (Fsp3) is 0.917. The molecule has 0 rings (SSSR count). The number of hydrogen-bond donors (Lipinski definition) is 2. The molecule has 0 aliphatic heterocycles. The zero-order valence-corrected chi connectivity index (χ0v) is 10.1. The maximum Gasteiger partial charge on any atom is 0.220 e. The van der Waals surface area contributed by atoms with Crippen LogP contribution in [0.15, 0.2) is 0 Å². The van der Waals surface area contributed by atoms with E-state index in [1.54, 1.807) is 6.92 Å². The third kappa shape index (κ3) is 9.73. The van der Waals surface area contributed by atoms with Gasteiger partial charge in [-0.3, -0.25) is 4.79 Å². The molecule has 1 amide bonds. The van der Waals surface area contributed by atoms with E-state index in [1.165, 1.54) is 25.7 Å². The summed E-state index contributed by atoms with van der Waals surface area (Å²) >= 11 is 0. The molecule has 0 saturated heterocycles. The Hall–Kier alpha value is -0.570. The van der Waals surface area contributed by atoms with E-state index in [0.717, 1.165) is 12.8 Å². The maximum atomic E-state index is 11.3. The first-order valence-corrected chi connectivity index (χ1v) is 6.11. The van der Waals surface area contributed by atoms with Crippen molar-refractivity contribution in [3.8, 4) is 0 Å². The van der Waals surface area contributed by atoms with Gasteiger partial charge in [0.1, 0.15) is 0 Å². The molecule has 0 aliphatic rings. The standard InChI is InChI=1S/C12H25NO2/c1-3-4-5-6-7-8-9-12(15)13-11(2)10-14/h11,14H,3-10H2,1-2H3,(H,13,15)/t11-/m1/s1. The molecule has 0 unspecified atom stereocenters. The summed E-state index contributed by atoms with van der Waals surface area (Å²) in [5, 5.41) is 11.5. The van der Waals surface area contributed by atoms with Crippen LogP contribution in [0.3, 0.4) is 0 Å². The number of amides is 1. The molecule has 0 saturated carbocycles. The minimum Gasteiger partial charge on any atom is -0.394 e. The zero-order chi connectivity index (χ0) is 11.5. The Labute approximate surface area is 93.3 Å². The monoisotopic (exact) mass is 215 g/mol. The van der Waals surface area contributed by atoms with Crippen LogP contribution in [0.25, 0.3) is 0 Å². The van der Waals surface area contributed by atoms with Crippen LogP contribution in [0.4, 0.5) is 0 Å². The predicted octanol–water partition coefficient (Wildman–Crippen LogP) is 2.23. The molecule has 0 aromatic heterocycles. The van der Waals surface area contributed by atoms with E-state index in [4.69, 9.17) is 5.11 Å². The molecule has 0 aromatic carbocycles. The van der Waals surface area contributed by atoms with Crippen LogP contribution < -0.4 is 5.32 Å². The Bertz CT molecular complexity index is 160. The van der Waals surface area contributed by atoms with Gasteiger partial charge >= 0.3 is 0 Å². The van der Waals surface area contributed by atoms with Crippen molar-refractivity contribution >= 4 is 5.91 Å². The summed E-state index contributed by atoms with van der Waals surface area (Å²) in [5.74, 6) is 0.0621. The van der Waals surface area contributed by atoms with Gasteiger partial charge in [-0.25, -0.2) is 0 Å². The van der Waals surface area contributed by atoms with Crippen LogP contribution in [-0.4, -0.2) is 23.7 Å². The molecule has 2 N–H and O–H groups in total. The van der Waals surface area contributed by atoms with Gasteiger partial charge in [0, 0.05) is 12.5 Å². The number of carbonyl (C=O) groups is 1. The van der Waals surface area contributed by atoms with Gasteiger partial charge in [0.25, 0.3) is 0 Å². The first-order valence-electron chi connectivity index (χ1n) is 6.11. The fourth-order valence-electron chi connectivity index (χ4n) is 1.46. The molecular formula is C12H25NO2. The largest absolute Gasteiger partial charge is 0.394 e. The van der Waals surface area contributed by atoms with E-state index >= 15 is 0 Å². The second-order valence-corrected chi connectivity index (χ2v) is 4.17. The first kappa shape index (κ1) is 14.4. The van der Waals surface area contributed by atoms with E-state index in [1.807, 2.05) is 0 Å². The quantitative estimate of drug-likeness (QED) is 0.579. The predicted molar refractivity (Wildman–Crippen MR) is 62.7 cm³/mol. The molecule has 0 fully saturated rings. The van der Waals surface area contributed by atoms with E-state index in [2.05, 4.69) is 12.2 Å². The number of unbranched alkanes of at least 4 members (excludes halogenated alkanes) is 5. The molecule has 15 heavy (non-hydrogen) atoms. The highest BCUT2D eigenvalue weighted by molar-refractivity contribution is 5.76. The van der Waals surface area contributed by atoms with Crippen molar-refractivity contribution in [2.75, 3.05) is 6.61 Å². The summed E-state index contributed by atoms with van der Waals surface area (Å²) < 4.78 is 0. The molecule has 0 spiro atoms. The molecule has 0 aliphatic carbocycles. The fourth-order valence-corrected chi connectivity index (χ4v) is 1.46. The zero-order valence-electron chi connectivity index (χ0n) is 10.1. The smallest absolute Gasteiger partial charge is 0.220 e. The summed E-state index contributed by atoms with van der Waals surface area (Å²) in [5.41, 5.74) is 0. The molecule has 1 atom stereocenters. The molecule has 3 nitrogen and oxygen atoms in total. The van der Waals surface area contributed by atoms with Crippen molar-refractivity contribution in [2.24, 2.45) is 0 Å². The van der Waals surface area contributed by atoms with E-state index < -0.39 is 0 Å². The SMILES string of the molecule is CCCCCCCCC(=O)N[C@H](C)CO. The molecular weight excluding hydrogens is 190 g/mol. The Morgan fingerprint density at radius 1 is 1.20 bits per heavy atom. The highest BCUT2D eigenvalue weighted by Gasteiger charge is 2.04. The van der Waals surface area contributed by atoms with Gasteiger partial charge in [-0.1, -0.05) is 39.0 Å². The second kappa shape index (κ2) is 9.97. The van der Waals surface area contributed by atoms with E-state index in [9.17, 15) is 4.79 Å². The summed E-state index contributed by atoms with van der Waals surface area (Å²) in [6, 6.07) is -0.113. The van der Waals surface area contributed by atoms with Crippen LogP contribution >= 0.6 is 0 Å². The molecule has 0 aromatic rings. The van der Waals surface area contributed by atoms with Gasteiger partial charge in [0.2, 0.25) is 5.91 Å². The molecule has 0 heterocycles. The first-order chi connectivity index (χ1) is 7.20. The Kier molecular flexibility index (Phi) is 9.59. The lowest BCUT2D eigenvalue weighted by atomic mass is 10.1. The van der Waals surface area contributed by atoms with Gasteiger partial charge in [-0.2, -0.15) is 0 Å². The number of carbonyl (C=O) groups excluding carboxylic acids is 1. The highest BCUT2D eigenvalue weighted by Crippen LogP contribution is 2.06. The molecule has 3 heteroatoms. The lowest BCUT2D eigenvalue weighted by molar-refractivity contribution is -0.122. The van der Waals surface area contributed by atoms with Crippen LogP contribution in [0.2, 0.25) is 0 Å². The van der Waals surface area contributed by atoms with Gasteiger partial charge in [0.15, 0.2) is 0 Å². The van der Waals surface area contributed by atoms with Crippen molar-refractivity contribution in [3.63, 3.8) is 0 Å². The van der Waals surface area contributed by atoms with Crippen LogP contribution in [0.1, 0.15) is 58.8 Å². The van der Waals surface area contributed by atoms with E-state index in [0.29, 0.717) is 6.42 Å². The van der Waals surface area contributed by atoms with Gasteiger partial charge < -0.3 is 10.4 Å². The number of hydrogen-bond acceptors (Lipinski definition) is 2. The maximum absolute atomic E-state index is 11.3. The lowest BCUT2D eigenvalue weighted by Crippen LogP contribution is -2.34. The Morgan fingerprint density at radius 3 is 2.40 bits per heavy atom. The van der Waals surface area contributed by atoms with Gasteiger partial charge in [-0.05, 0) is 13.3 Å². The molecule has 90 valence electrons.